The van der Waals surface area contributed by atoms with Crippen molar-refractivity contribution in [2.45, 2.75) is 32.6 Å². The van der Waals surface area contributed by atoms with Crippen LogP contribution in [0.15, 0.2) is 21.1 Å². The Labute approximate surface area is 125 Å². The second-order valence-electron chi connectivity index (χ2n) is 4.25. The Morgan fingerprint density at radius 1 is 1.22 bits per heavy atom. The van der Waals surface area contributed by atoms with Crippen molar-refractivity contribution in [1.29, 1.82) is 0 Å². The van der Waals surface area contributed by atoms with E-state index in [0.29, 0.717) is 13.0 Å². The molecule has 0 saturated heterocycles. The number of benzene rings is 1. The van der Waals surface area contributed by atoms with Gasteiger partial charge in [-0.05, 0) is 75.9 Å². The minimum Gasteiger partial charge on any atom is -0.330 e. The number of nitrogens with one attached hydrogen (secondary N) is 1. The van der Waals surface area contributed by atoms with E-state index in [1.165, 1.54) is 0 Å². The molecule has 1 aromatic carbocycles. The fourth-order valence-electron chi connectivity index (χ4n) is 1.63. The average molecular weight is 378 g/mol. The number of nitrogens with two attached hydrogens (primary N) is 1. The molecule has 0 bridgehead atoms. The van der Waals surface area contributed by atoms with Crippen LogP contribution in [-0.2, 0) is 4.79 Å². The average Bonchev–Trinajstić information content (AvgIpc) is 2.29. The number of rotatable bonds is 6. The van der Waals surface area contributed by atoms with Crippen LogP contribution in [0.1, 0.15) is 31.2 Å². The molecule has 0 spiro atoms. The first-order valence-electron chi connectivity index (χ1n) is 6.00. The number of hydrogen-bond donors (Lipinski definition) is 2. The largest absolute Gasteiger partial charge is 0.330 e. The summed E-state index contributed by atoms with van der Waals surface area (Å²) in [5, 5.41) is 2.92. The molecule has 0 heterocycles. The van der Waals surface area contributed by atoms with Crippen LogP contribution in [0.3, 0.4) is 0 Å². The van der Waals surface area contributed by atoms with Crippen LogP contribution in [0, 0.1) is 6.92 Å². The minimum absolute atomic E-state index is 0.0391. The molecule has 0 saturated carbocycles. The predicted octanol–water partition coefficient (Wildman–Crippen LogP) is 3.98. The molecule has 1 aromatic rings. The molecule has 3 N–H and O–H groups in total. The number of carbonyl (C=O) groups is 1. The van der Waals surface area contributed by atoms with Gasteiger partial charge in [0.1, 0.15) is 0 Å². The van der Waals surface area contributed by atoms with Crippen LogP contribution in [0.4, 0.5) is 5.69 Å². The van der Waals surface area contributed by atoms with Crippen molar-refractivity contribution >= 4 is 43.5 Å². The van der Waals surface area contributed by atoms with Gasteiger partial charge in [0.05, 0.1) is 5.69 Å². The maximum Gasteiger partial charge on any atom is 0.224 e. The highest BCUT2D eigenvalue weighted by molar-refractivity contribution is 9.11. The predicted molar refractivity (Wildman–Crippen MR) is 82.7 cm³/mol. The second-order valence-corrected chi connectivity index (χ2v) is 5.96. The quantitative estimate of drug-likeness (QED) is 0.736. The summed E-state index contributed by atoms with van der Waals surface area (Å²) in [6, 6.07) is 3.96. The number of aryl methyl sites for hydroxylation is 1. The van der Waals surface area contributed by atoms with Gasteiger partial charge in [-0.3, -0.25) is 4.79 Å². The second kappa shape index (κ2) is 7.92. The standard InChI is InChI=1S/C13H18Br2N2O/c1-9-7-10(14)13(11(15)8-9)17-12(18)5-3-2-4-6-16/h7-8H,2-6,16H2,1H3,(H,17,18). The van der Waals surface area contributed by atoms with E-state index in [1.54, 1.807) is 0 Å². The zero-order chi connectivity index (χ0) is 13.5. The van der Waals surface area contributed by atoms with E-state index in [-0.39, 0.29) is 5.91 Å². The van der Waals surface area contributed by atoms with Gasteiger partial charge in [0, 0.05) is 15.4 Å². The molecule has 1 rings (SSSR count). The number of anilines is 1. The van der Waals surface area contributed by atoms with Gasteiger partial charge in [-0.15, -0.1) is 0 Å². The number of amides is 1. The summed E-state index contributed by atoms with van der Waals surface area (Å²) >= 11 is 6.92. The number of unbranched alkanes of at least 4 members (excludes halogenated alkanes) is 2. The van der Waals surface area contributed by atoms with E-state index >= 15 is 0 Å². The molecule has 3 nitrogen and oxygen atoms in total. The third kappa shape index (κ3) is 5.08. The Hall–Kier alpha value is -0.390. The van der Waals surface area contributed by atoms with Gasteiger partial charge in [0.15, 0.2) is 0 Å². The summed E-state index contributed by atoms with van der Waals surface area (Å²) in [6.45, 7) is 2.70. The summed E-state index contributed by atoms with van der Waals surface area (Å²) in [7, 11) is 0. The summed E-state index contributed by atoms with van der Waals surface area (Å²) in [5.74, 6) is 0.0391. The van der Waals surface area contributed by atoms with Crippen molar-refractivity contribution in [1.82, 2.24) is 0 Å². The van der Waals surface area contributed by atoms with Gasteiger partial charge in [0.2, 0.25) is 5.91 Å². The Balaban J connectivity index is 2.54. The van der Waals surface area contributed by atoms with Crippen LogP contribution in [0.5, 0.6) is 0 Å². The highest BCUT2D eigenvalue weighted by atomic mass is 79.9. The van der Waals surface area contributed by atoms with Gasteiger partial charge in [-0.25, -0.2) is 0 Å². The molecule has 0 atom stereocenters. The van der Waals surface area contributed by atoms with E-state index in [2.05, 4.69) is 37.2 Å². The van der Waals surface area contributed by atoms with Crippen molar-refractivity contribution in [3.63, 3.8) is 0 Å². The summed E-state index contributed by atoms with van der Waals surface area (Å²) in [6.07, 6.45) is 3.39. The molecule has 0 aliphatic heterocycles. The Morgan fingerprint density at radius 3 is 2.39 bits per heavy atom. The monoisotopic (exact) mass is 376 g/mol. The van der Waals surface area contributed by atoms with Gasteiger partial charge in [-0.1, -0.05) is 6.42 Å². The first-order valence-corrected chi connectivity index (χ1v) is 7.58. The third-order valence-electron chi connectivity index (χ3n) is 2.56. The van der Waals surface area contributed by atoms with Gasteiger partial charge >= 0.3 is 0 Å². The fourth-order valence-corrected chi connectivity index (χ4v) is 3.24. The lowest BCUT2D eigenvalue weighted by atomic mass is 10.2. The highest BCUT2D eigenvalue weighted by Gasteiger charge is 2.09. The van der Waals surface area contributed by atoms with Gasteiger partial charge in [0.25, 0.3) is 0 Å². The number of halogens is 2. The van der Waals surface area contributed by atoms with Crippen LogP contribution in [-0.4, -0.2) is 12.5 Å². The lowest BCUT2D eigenvalue weighted by Crippen LogP contribution is -2.12. The smallest absolute Gasteiger partial charge is 0.224 e. The molecule has 18 heavy (non-hydrogen) atoms. The maximum atomic E-state index is 11.8. The van der Waals surface area contributed by atoms with Crippen molar-refractivity contribution in [2.75, 3.05) is 11.9 Å². The normalized spacial score (nSPS) is 10.4. The van der Waals surface area contributed by atoms with E-state index in [9.17, 15) is 4.79 Å². The minimum atomic E-state index is 0.0391. The molecular weight excluding hydrogens is 360 g/mol. The zero-order valence-corrected chi connectivity index (χ0v) is 13.6. The molecule has 0 aromatic heterocycles. The van der Waals surface area contributed by atoms with Crippen LogP contribution in [0.2, 0.25) is 0 Å². The van der Waals surface area contributed by atoms with Crippen molar-refractivity contribution in [2.24, 2.45) is 5.73 Å². The van der Waals surface area contributed by atoms with E-state index in [0.717, 1.165) is 39.5 Å². The van der Waals surface area contributed by atoms with Crippen molar-refractivity contribution in [3.8, 4) is 0 Å². The molecule has 0 fully saturated rings. The van der Waals surface area contributed by atoms with Gasteiger partial charge in [-0.2, -0.15) is 0 Å². The molecule has 0 unspecified atom stereocenters. The molecule has 1 amide bonds. The zero-order valence-electron chi connectivity index (χ0n) is 10.4. The summed E-state index contributed by atoms with van der Waals surface area (Å²) in [5.41, 5.74) is 7.34. The number of hydrogen-bond acceptors (Lipinski definition) is 2. The first kappa shape index (κ1) is 15.7. The Bertz CT molecular complexity index is 398. The first-order chi connectivity index (χ1) is 8.54. The number of carbonyl (C=O) groups excluding carboxylic acids is 1. The molecular formula is C13H18Br2N2O. The van der Waals surface area contributed by atoms with Crippen molar-refractivity contribution in [3.05, 3.63) is 26.6 Å². The molecule has 100 valence electrons. The molecule has 0 aliphatic rings. The topological polar surface area (TPSA) is 55.1 Å². The molecule has 0 radical (unpaired) electrons. The fraction of sp³-hybridized carbons (Fsp3) is 0.462. The van der Waals surface area contributed by atoms with Gasteiger partial charge < -0.3 is 11.1 Å². The lowest BCUT2D eigenvalue weighted by molar-refractivity contribution is -0.116. The maximum absolute atomic E-state index is 11.8. The SMILES string of the molecule is Cc1cc(Br)c(NC(=O)CCCCCN)c(Br)c1. The van der Waals surface area contributed by atoms with Crippen molar-refractivity contribution < 1.29 is 4.79 Å². The van der Waals surface area contributed by atoms with E-state index < -0.39 is 0 Å². The highest BCUT2D eigenvalue weighted by Crippen LogP contribution is 2.32. The summed E-state index contributed by atoms with van der Waals surface area (Å²) in [4.78, 5) is 11.8. The van der Waals surface area contributed by atoms with E-state index in [1.807, 2.05) is 19.1 Å². The molecule has 5 heteroatoms. The van der Waals surface area contributed by atoms with Crippen LogP contribution in [0.25, 0.3) is 0 Å². The Kier molecular flexibility index (Phi) is 6.89. The van der Waals surface area contributed by atoms with Crippen LogP contribution >= 0.6 is 31.9 Å². The van der Waals surface area contributed by atoms with Crippen LogP contribution < -0.4 is 11.1 Å². The lowest BCUT2D eigenvalue weighted by Gasteiger charge is -2.10. The van der Waals surface area contributed by atoms with E-state index in [4.69, 9.17) is 5.73 Å². The third-order valence-corrected chi connectivity index (χ3v) is 3.81. The summed E-state index contributed by atoms with van der Waals surface area (Å²) < 4.78 is 1.79. The molecule has 0 aliphatic carbocycles. The Morgan fingerprint density at radius 2 is 1.83 bits per heavy atom.